The van der Waals surface area contributed by atoms with Gasteiger partial charge < -0.3 is 15.5 Å². The number of nitrogen functional groups attached to an aromatic ring is 1. The molecule has 4 heteroatoms. The lowest BCUT2D eigenvalue weighted by Gasteiger charge is -2.30. The Morgan fingerprint density at radius 1 is 1.35 bits per heavy atom. The van der Waals surface area contributed by atoms with E-state index in [-0.39, 0.29) is 5.91 Å². The highest BCUT2D eigenvalue weighted by atomic mass is 16.2. The summed E-state index contributed by atoms with van der Waals surface area (Å²) in [6.45, 7) is 5.04. The molecule has 2 N–H and O–H groups in total. The van der Waals surface area contributed by atoms with E-state index in [4.69, 9.17) is 5.73 Å². The second-order valence-corrected chi connectivity index (χ2v) is 5.64. The largest absolute Gasteiger partial charge is 0.398 e. The number of hydrogen-bond acceptors (Lipinski definition) is 3. The molecular weight excluding hydrogens is 250 g/mol. The maximum absolute atomic E-state index is 12.6. The number of hydrogen-bond donors (Lipinski definition) is 1. The van der Waals surface area contributed by atoms with E-state index in [2.05, 4.69) is 23.8 Å². The summed E-state index contributed by atoms with van der Waals surface area (Å²) in [5.41, 5.74) is 7.58. The summed E-state index contributed by atoms with van der Waals surface area (Å²) in [6, 6.07) is 7.96. The third-order valence-electron chi connectivity index (χ3n) is 4.09. The van der Waals surface area contributed by atoms with E-state index in [1.807, 2.05) is 24.3 Å². The van der Waals surface area contributed by atoms with E-state index < -0.39 is 0 Å². The van der Waals surface area contributed by atoms with Crippen LogP contribution < -0.4 is 5.73 Å². The number of benzene rings is 1. The van der Waals surface area contributed by atoms with Crippen LogP contribution in [0.5, 0.6) is 0 Å². The smallest absolute Gasteiger partial charge is 0.227 e. The van der Waals surface area contributed by atoms with Crippen molar-refractivity contribution in [3.05, 3.63) is 29.8 Å². The molecule has 1 atom stereocenters. The predicted molar refractivity (Wildman–Crippen MR) is 82.5 cm³/mol. The summed E-state index contributed by atoms with van der Waals surface area (Å²) in [7, 11) is 2.13. The molecule has 4 nitrogen and oxygen atoms in total. The van der Waals surface area contributed by atoms with Crippen molar-refractivity contribution in [1.29, 1.82) is 0 Å². The quantitative estimate of drug-likeness (QED) is 0.855. The van der Waals surface area contributed by atoms with E-state index in [9.17, 15) is 4.79 Å². The van der Waals surface area contributed by atoms with Crippen LogP contribution in [0.25, 0.3) is 0 Å². The molecule has 1 heterocycles. The fraction of sp³-hybridized carbons (Fsp3) is 0.562. The first-order chi connectivity index (χ1) is 9.61. The van der Waals surface area contributed by atoms with Crippen LogP contribution in [0, 0.1) is 0 Å². The molecule has 1 fully saturated rings. The zero-order valence-electron chi connectivity index (χ0n) is 12.5. The van der Waals surface area contributed by atoms with Crippen molar-refractivity contribution in [2.75, 3.05) is 32.4 Å². The first-order valence-corrected chi connectivity index (χ1v) is 7.43. The monoisotopic (exact) mass is 275 g/mol. The third-order valence-corrected chi connectivity index (χ3v) is 4.09. The molecule has 110 valence electrons. The topological polar surface area (TPSA) is 49.6 Å². The molecule has 0 aromatic heterocycles. The molecule has 1 aromatic carbocycles. The van der Waals surface area contributed by atoms with Gasteiger partial charge in [0.25, 0.3) is 0 Å². The van der Waals surface area contributed by atoms with Gasteiger partial charge in [-0.3, -0.25) is 4.79 Å². The normalized spacial score (nSPS) is 20.7. The van der Waals surface area contributed by atoms with Gasteiger partial charge in [-0.05, 0) is 38.1 Å². The maximum atomic E-state index is 12.6. The Kier molecular flexibility index (Phi) is 5.01. The fourth-order valence-corrected chi connectivity index (χ4v) is 2.88. The van der Waals surface area contributed by atoms with Crippen LogP contribution in [0.1, 0.15) is 25.3 Å². The lowest BCUT2D eigenvalue weighted by atomic mass is 10.1. The minimum absolute atomic E-state index is 0.199. The number of likely N-dealkylation sites (N-methyl/N-ethyl adjacent to an activating group) is 1. The Morgan fingerprint density at radius 3 is 2.80 bits per heavy atom. The van der Waals surface area contributed by atoms with Gasteiger partial charge in [0, 0.05) is 24.8 Å². The summed E-state index contributed by atoms with van der Waals surface area (Å²) in [5.74, 6) is 0.199. The van der Waals surface area contributed by atoms with Crippen molar-refractivity contribution in [2.24, 2.45) is 0 Å². The zero-order chi connectivity index (χ0) is 14.5. The third kappa shape index (κ3) is 3.51. The van der Waals surface area contributed by atoms with Crippen LogP contribution >= 0.6 is 0 Å². The number of amides is 1. The molecule has 1 saturated heterocycles. The lowest BCUT2D eigenvalue weighted by molar-refractivity contribution is -0.132. The maximum Gasteiger partial charge on any atom is 0.227 e. The molecule has 0 aliphatic carbocycles. The van der Waals surface area contributed by atoms with Gasteiger partial charge in [-0.15, -0.1) is 0 Å². The average molecular weight is 275 g/mol. The molecule has 0 spiro atoms. The average Bonchev–Trinajstić information content (AvgIpc) is 2.62. The van der Waals surface area contributed by atoms with Crippen molar-refractivity contribution in [3.8, 4) is 0 Å². The Balaban J connectivity index is 2.08. The van der Waals surface area contributed by atoms with Gasteiger partial charge in [-0.2, -0.15) is 0 Å². The Morgan fingerprint density at radius 2 is 2.10 bits per heavy atom. The Labute approximate surface area is 121 Å². The number of nitrogens with two attached hydrogens (primary N) is 1. The van der Waals surface area contributed by atoms with E-state index in [0.29, 0.717) is 18.2 Å². The molecule has 1 aromatic rings. The van der Waals surface area contributed by atoms with Gasteiger partial charge in [-0.1, -0.05) is 25.1 Å². The highest BCUT2D eigenvalue weighted by Gasteiger charge is 2.26. The number of anilines is 1. The number of rotatable bonds is 3. The predicted octanol–water partition coefficient (Wildman–Crippen LogP) is 1.75. The van der Waals surface area contributed by atoms with Crippen molar-refractivity contribution >= 4 is 11.6 Å². The summed E-state index contributed by atoms with van der Waals surface area (Å²) in [6.07, 6.45) is 2.45. The van der Waals surface area contributed by atoms with E-state index in [1.54, 1.807) is 0 Å². The fourth-order valence-electron chi connectivity index (χ4n) is 2.88. The first kappa shape index (κ1) is 14.9. The van der Waals surface area contributed by atoms with Crippen LogP contribution in [0.2, 0.25) is 0 Å². The van der Waals surface area contributed by atoms with Gasteiger partial charge in [-0.25, -0.2) is 0 Å². The van der Waals surface area contributed by atoms with Crippen LogP contribution in [-0.2, 0) is 11.2 Å². The molecule has 1 unspecified atom stereocenters. The number of carbonyl (C=O) groups excluding carboxylic acids is 1. The Hall–Kier alpha value is -1.55. The number of para-hydroxylation sites is 1. The second kappa shape index (κ2) is 6.75. The standard InChI is InChI=1S/C16H25N3O/c1-3-14-12-18(2)9-6-10-19(14)16(20)11-13-7-4-5-8-15(13)17/h4-5,7-8,14H,3,6,9-12,17H2,1-2H3. The summed E-state index contributed by atoms with van der Waals surface area (Å²) in [5, 5.41) is 0. The molecule has 1 aliphatic rings. The minimum Gasteiger partial charge on any atom is -0.398 e. The van der Waals surface area contributed by atoms with E-state index in [0.717, 1.165) is 38.0 Å². The molecule has 1 amide bonds. The SMILES string of the molecule is CCC1CN(C)CCCN1C(=O)Cc1ccccc1N. The molecular formula is C16H25N3O. The van der Waals surface area contributed by atoms with Crippen molar-refractivity contribution < 1.29 is 4.79 Å². The van der Waals surface area contributed by atoms with E-state index >= 15 is 0 Å². The van der Waals surface area contributed by atoms with Crippen LogP contribution in [-0.4, -0.2) is 48.4 Å². The van der Waals surface area contributed by atoms with E-state index in [1.165, 1.54) is 0 Å². The lowest BCUT2D eigenvalue weighted by Crippen LogP contribution is -2.44. The molecule has 2 rings (SSSR count). The zero-order valence-corrected chi connectivity index (χ0v) is 12.5. The molecule has 0 saturated carbocycles. The molecule has 0 radical (unpaired) electrons. The Bertz CT molecular complexity index is 461. The van der Waals surface area contributed by atoms with Crippen molar-refractivity contribution in [1.82, 2.24) is 9.80 Å². The second-order valence-electron chi connectivity index (χ2n) is 5.64. The highest BCUT2D eigenvalue weighted by molar-refractivity contribution is 5.80. The number of nitrogens with zero attached hydrogens (tertiary/aromatic N) is 2. The summed E-state index contributed by atoms with van der Waals surface area (Å²) < 4.78 is 0. The summed E-state index contributed by atoms with van der Waals surface area (Å²) >= 11 is 0. The van der Waals surface area contributed by atoms with Gasteiger partial charge >= 0.3 is 0 Å². The molecule has 0 bridgehead atoms. The van der Waals surface area contributed by atoms with Crippen LogP contribution in [0.4, 0.5) is 5.69 Å². The minimum atomic E-state index is 0.199. The molecule has 1 aliphatic heterocycles. The van der Waals surface area contributed by atoms with Crippen molar-refractivity contribution in [2.45, 2.75) is 32.2 Å². The van der Waals surface area contributed by atoms with Crippen molar-refractivity contribution in [3.63, 3.8) is 0 Å². The highest BCUT2D eigenvalue weighted by Crippen LogP contribution is 2.17. The van der Waals surface area contributed by atoms with Crippen LogP contribution in [0.3, 0.4) is 0 Å². The van der Waals surface area contributed by atoms with Gasteiger partial charge in [0.2, 0.25) is 5.91 Å². The van der Waals surface area contributed by atoms with Gasteiger partial charge in [0.05, 0.1) is 6.42 Å². The van der Waals surface area contributed by atoms with Crippen LogP contribution in [0.15, 0.2) is 24.3 Å². The summed E-state index contributed by atoms with van der Waals surface area (Å²) in [4.78, 5) is 17.0. The van der Waals surface area contributed by atoms with Gasteiger partial charge in [0.15, 0.2) is 0 Å². The molecule has 20 heavy (non-hydrogen) atoms. The van der Waals surface area contributed by atoms with Gasteiger partial charge in [0.1, 0.15) is 0 Å². The number of carbonyl (C=O) groups is 1. The first-order valence-electron chi connectivity index (χ1n) is 7.43.